The van der Waals surface area contributed by atoms with Crippen LogP contribution in [0.25, 0.3) is 57.5 Å². The number of aromatic amines is 2. The number of ether oxygens (including phenoxy) is 3. The number of aromatic nitrogens is 4. The van der Waals surface area contributed by atoms with Gasteiger partial charge in [-0.25, -0.2) is 9.97 Å². The van der Waals surface area contributed by atoms with E-state index in [1.54, 1.807) is 0 Å². The Hall–Kier alpha value is -4.78. The lowest BCUT2D eigenvalue weighted by Gasteiger charge is -2.19. The highest BCUT2D eigenvalue weighted by Gasteiger charge is 2.19. The molecule has 0 spiro atoms. The number of benzene rings is 1. The molecular weight excluding hydrogens is 813 g/mol. The number of hydrogen-bond donors (Lipinski definition) is 2. The topological polar surface area (TPSA) is 85.1 Å². The molecule has 358 valence electrons. The number of nitrogens with one attached hydrogen (secondary N) is 2. The summed E-state index contributed by atoms with van der Waals surface area (Å²) in [6.07, 6.45) is 42.7. The van der Waals surface area contributed by atoms with Crippen molar-refractivity contribution in [3.8, 4) is 28.4 Å². The minimum absolute atomic E-state index is 0.652. The number of unbranched alkanes of at least 4 members (excludes halogenated alkanes) is 24. The van der Waals surface area contributed by atoms with E-state index in [1.807, 2.05) is 18.2 Å². The van der Waals surface area contributed by atoms with Gasteiger partial charge in [-0.2, -0.15) is 0 Å². The molecular formula is C59H84N4O3. The van der Waals surface area contributed by atoms with Gasteiger partial charge >= 0.3 is 0 Å². The van der Waals surface area contributed by atoms with Crippen LogP contribution in [-0.4, -0.2) is 39.8 Å². The van der Waals surface area contributed by atoms with Crippen LogP contribution in [-0.2, 0) is 0 Å². The van der Waals surface area contributed by atoms with Crippen LogP contribution < -0.4 is 14.2 Å². The fourth-order valence-corrected chi connectivity index (χ4v) is 9.12. The molecule has 2 aliphatic rings. The first-order valence-electron chi connectivity index (χ1n) is 26.8. The minimum atomic E-state index is 0.652. The Bertz CT molecular complexity index is 2190. The molecule has 0 fully saturated rings. The van der Waals surface area contributed by atoms with Gasteiger partial charge < -0.3 is 24.2 Å². The Labute approximate surface area is 398 Å². The molecule has 0 aliphatic carbocycles. The van der Waals surface area contributed by atoms with Crippen molar-refractivity contribution >= 4 is 46.4 Å². The van der Waals surface area contributed by atoms with Crippen molar-refractivity contribution in [2.75, 3.05) is 19.8 Å². The van der Waals surface area contributed by atoms with E-state index in [4.69, 9.17) is 24.2 Å². The molecule has 2 N–H and O–H groups in total. The van der Waals surface area contributed by atoms with Crippen molar-refractivity contribution in [1.82, 2.24) is 19.9 Å². The monoisotopic (exact) mass is 897 g/mol. The van der Waals surface area contributed by atoms with E-state index < -0.39 is 0 Å². The molecule has 8 bridgehead atoms. The molecule has 4 aromatic rings. The fraction of sp³-hybridized carbons (Fsp3) is 0.559. The normalized spacial score (nSPS) is 12.0. The Morgan fingerprint density at radius 1 is 0.364 bits per heavy atom. The summed E-state index contributed by atoms with van der Waals surface area (Å²) in [6.45, 7) is 8.82. The lowest BCUT2D eigenvalue weighted by molar-refractivity contribution is 0.234. The summed E-state index contributed by atoms with van der Waals surface area (Å²) in [5.41, 5.74) is 9.64. The van der Waals surface area contributed by atoms with Gasteiger partial charge in [-0.3, -0.25) is 0 Å². The summed E-state index contributed by atoms with van der Waals surface area (Å²) in [5, 5.41) is 0. The van der Waals surface area contributed by atoms with Crippen molar-refractivity contribution in [3.63, 3.8) is 0 Å². The quantitative estimate of drug-likeness (QED) is 0.0394. The van der Waals surface area contributed by atoms with Gasteiger partial charge in [-0.1, -0.05) is 175 Å². The van der Waals surface area contributed by atoms with Crippen molar-refractivity contribution in [3.05, 3.63) is 77.4 Å². The molecule has 0 radical (unpaired) electrons. The van der Waals surface area contributed by atoms with Crippen LogP contribution in [0, 0.1) is 0 Å². The zero-order valence-corrected chi connectivity index (χ0v) is 41.3. The second-order valence-corrected chi connectivity index (χ2v) is 18.9. The van der Waals surface area contributed by atoms with Gasteiger partial charge in [0.05, 0.1) is 42.6 Å². The Balaban J connectivity index is 1.28. The van der Waals surface area contributed by atoms with E-state index in [0.717, 1.165) is 92.5 Å². The summed E-state index contributed by atoms with van der Waals surface area (Å²) in [7, 11) is 0. The van der Waals surface area contributed by atoms with Crippen LogP contribution in [0.4, 0.5) is 0 Å². The van der Waals surface area contributed by atoms with Gasteiger partial charge in [0.1, 0.15) is 0 Å². The van der Waals surface area contributed by atoms with Crippen LogP contribution in [0.3, 0.4) is 0 Å². The van der Waals surface area contributed by atoms with Crippen molar-refractivity contribution in [2.24, 2.45) is 0 Å². The number of hydrogen-bond acceptors (Lipinski definition) is 5. The molecule has 2 aliphatic heterocycles. The molecule has 0 saturated carbocycles. The molecule has 0 unspecified atom stereocenters. The van der Waals surface area contributed by atoms with Gasteiger partial charge in [-0.15, -0.1) is 0 Å². The van der Waals surface area contributed by atoms with Gasteiger partial charge in [0.25, 0.3) is 0 Å². The summed E-state index contributed by atoms with van der Waals surface area (Å²) < 4.78 is 20.4. The molecule has 0 amide bonds. The van der Waals surface area contributed by atoms with Crippen LogP contribution in [0.5, 0.6) is 17.2 Å². The molecule has 1 aromatic carbocycles. The highest BCUT2D eigenvalue weighted by Crippen LogP contribution is 2.43. The Kier molecular flexibility index (Phi) is 22.8. The van der Waals surface area contributed by atoms with Crippen LogP contribution in [0.1, 0.15) is 217 Å². The molecule has 0 atom stereocenters. The lowest BCUT2D eigenvalue weighted by Crippen LogP contribution is -2.06. The SMILES string of the molecule is CCCCCCCCCCCOc1cc(-c2cc3cc4ccc(cc5nc(cc6nc(cc2[nH]3)C=C6)C=C5)[nH]4)cc(OCCCCCCCCCCC)c1OCCCCCCCCCCC. The smallest absolute Gasteiger partial charge is 0.203 e. The molecule has 0 saturated heterocycles. The largest absolute Gasteiger partial charge is 0.490 e. The maximum Gasteiger partial charge on any atom is 0.203 e. The van der Waals surface area contributed by atoms with Gasteiger partial charge in [0, 0.05) is 27.6 Å². The molecule has 7 heteroatoms. The third-order valence-corrected chi connectivity index (χ3v) is 13.0. The first-order valence-corrected chi connectivity index (χ1v) is 26.8. The first kappa shape index (κ1) is 50.6. The van der Waals surface area contributed by atoms with Crippen molar-refractivity contribution < 1.29 is 14.2 Å². The molecule has 7 nitrogen and oxygen atoms in total. The predicted molar refractivity (Wildman–Crippen MR) is 282 cm³/mol. The highest BCUT2D eigenvalue weighted by molar-refractivity contribution is 5.89. The summed E-state index contributed by atoms with van der Waals surface area (Å²) in [5.74, 6) is 2.30. The molecule has 66 heavy (non-hydrogen) atoms. The predicted octanol–water partition coefficient (Wildman–Crippen LogP) is 18.1. The fourth-order valence-electron chi connectivity index (χ4n) is 9.12. The van der Waals surface area contributed by atoms with Crippen molar-refractivity contribution in [2.45, 2.75) is 194 Å². The number of H-pyrrole nitrogens is 2. The van der Waals surface area contributed by atoms with Crippen molar-refractivity contribution in [1.29, 1.82) is 0 Å². The maximum absolute atomic E-state index is 6.80. The summed E-state index contributed by atoms with van der Waals surface area (Å²) >= 11 is 0. The number of nitrogens with zero attached hydrogens (tertiary/aromatic N) is 2. The minimum Gasteiger partial charge on any atom is -0.490 e. The number of fused-ring (bicyclic) bond motifs is 8. The van der Waals surface area contributed by atoms with Crippen LogP contribution in [0.15, 0.2) is 54.6 Å². The average molecular weight is 897 g/mol. The Morgan fingerprint density at radius 2 is 0.758 bits per heavy atom. The van der Waals surface area contributed by atoms with E-state index in [9.17, 15) is 0 Å². The Morgan fingerprint density at radius 3 is 1.23 bits per heavy atom. The third-order valence-electron chi connectivity index (χ3n) is 13.0. The number of rotatable bonds is 34. The summed E-state index contributed by atoms with van der Waals surface area (Å²) in [4.78, 5) is 17.1. The van der Waals surface area contributed by atoms with Gasteiger partial charge in [0.15, 0.2) is 11.5 Å². The van der Waals surface area contributed by atoms with E-state index in [1.165, 1.54) is 154 Å². The van der Waals surface area contributed by atoms with Gasteiger partial charge in [0.2, 0.25) is 5.75 Å². The molecule has 3 aromatic heterocycles. The third kappa shape index (κ3) is 17.8. The zero-order chi connectivity index (χ0) is 45.9. The van der Waals surface area contributed by atoms with Gasteiger partial charge in [-0.05, 0) is 104 Å². The second-order valence-electron chi connectivity index (χ2n) is 18.9. The van der Waals surface area contributed by atoms with Crippen LogP contribution >= 0.6 is 0 Å². The summed E-state index contributed by atoms with van der Waals surface area (Å²) in [6, 6.07) is 19.3. The highest BCUT2D eigenvalue weighted by atomic mass is 16.5. The lowest BCUT2D eigenvalue weighted by atomic mass is 10.0. The van der Waals surface area contributed by atoms with Crippen LogP contribution in [0.2, 0.25) is 0 Å². The van der Waals surface area contributed by atoms with E-state index in [2.05, 4.69) is 91.4 Å². The maximum atomic E-state index is 6.80. The average Bonchev–Trinajstić information content (AvgIpc) is 4.15. The standard InChI is InChI=1S/C59H84N4O3/c1-4-7-10-13-16-19-22-25-28-37-64-57-40-47(41-58(65-38-29-26-23-20-17-14-11-8-5-2)59(57)66-39-30-27-24-21-18-15-12-9-6-3)55-45-54-44-52-34-33-50(61-52)42-48-31-32-49(60-48)43-51-35-36-53(62-51)46-56(55)63-54/h31-36,40-46,61,63H,4-30,37-39H2,1-3H3. The molecule has 6 rings (SSSR count). The molecule has 5 heterocycles. The van der Waals surface area contributed by atoms with E-state index in [0.29, 0.717) is 19.8 Å². The zero-order valence-electron chi connectivity index (χ0n) is 41.3. The first-order chi connectivity index (χ1) is 32.6. The van der Waals surface area contributed by atoms with E-state index >= 15 is 0 Å². The second kappa shape index (κ2) is 29.8. The van der Waals surface area contributed by atoms with E-state index in [-0.39, 0.29) is 0 Å².